The highest BCUT2D eigenvalue weighted by Gasteiger charge is 2.24. The van der Waals surface area contributed by atoms with Gasteiger partial charge in [-0.15, -0.1) is 0 Å². The minimum absolute atomic E-state index is 0.0300. The van der Waals surface area contributed by atoms with E-state index in [-0.39, 0.29) is 22.6 Å². The van der Waals surface area contributed by atoms with Crippen molar-refractivity contribution in [3.05, 3.63) is 83.9 Å². The summed E-state index contributed by atoms with van der Waals surface area (Å²) in [4.78, 5) is 23.6. The Labute approximate surface area is 219 Å². The molecule has 0 aromatic heterocycles. The summed E-state index contributed by atoms with van der Waals surface area (Å²) in [7, 11) is 5.91. The van der Waals surface area contributed by atoms with Crippen LogP contribution in [0.2, 0.25) is 0 Å². The fourth-order valence-corrected chi connectivity index (χ4v) is 4.64. The second-order valence-corrected chi connectivity index (χ2v) is 8.16. The van der Waals surface area contributed by atoms with Gasteiger partial charge in [0.1, 0.15) is 34.1 Å². The number of hydrogen-bond donors (Lipinski definition) is 2. The lowest BCUT2D eigenvalue weighted by Crippen LogP contribution is -2.03. The molecule has 0 aliphatic rings. The van der Waals surface area contributed by atoms with Gasteiger partial charge in [0.15, 0.2) is 0 Å². The molecule has 4 rings (SSSR count). The minimum atomic E-state index is -1.11. The number of aromatic carboxylic acids is 2. The Morgan fingerprint density at radius 1 is 0.447 bits per heavy atom. The number of rotatable bonds is 9. The quantitative estimate of drug-likeness (QED) is 0.275. The number of ether oxygens (including phenoxy) is 4. The van der Waals surface area contributed by atoms with Crippen LogP contribution in [0.15, 0.2) is 72.8 Å². The molecule has 2 N–H and O–H groups in total. The van der Waals surface area contributed by atoms with Crippen molar-refractivity contribution in [2.24, 2.45) is 0 Å². The molecule has 4 aromatic carbocycles. The van der Waals surface area contributed by atoms with Crippen LogP contribution < -0.4 is 18.9 Å². The minimum Gasteiger partial charge on any atom is -0.495 e. The molecule has 0 saturated carbocycles. The molecule has 0 unspecified atom stereocenters. The Morgan fingerprint density at radius 3 is 0.921 bits per heavy atom. The highest BCUT2D eigenvalue weighted by molar-refractivity contribution is 5.98. The lowest BCUT2D eigenvalue weighted by molar-refractivity contribution is 0.0682. The monoisotopic (exact) mass is 514 g/mol. The summed E-state index contributed by atoms with van der Waals surface area (Å²) in [5, 5.41) is 19.3. The number of methoxy groups -OCH3 is 4. The first-order chi connectivity index (χ1) is 18.4. The zero-order chi connectivity index (χ0) is 27.4. The Morgan fingerprint density at radius 2 is 0.684 bits per heavy atom. The molecule has 0 heterocycles. The Kier molecular flexibility index (Phi) is 7.53. The molecule has 8 nitrogen and oxygen atoms in total. The topological polar surface area (TPSA) is 112 Å². The summed E-state index contributed by atoms with van der Waals surface area (Å²) in [6.45, 7) is 0. The number of carboxylic acids is 2. The molecule has 0 aliphatic heterocycles. The van der Waals surface area contributed by atoms with E-state index in [0.717, 1.165) is 0 Å². The van der Waals surface area contributed by atoms with Crippen molar-refractivity contribution in [1.82, 2.24) is 0 Å². The third-order valence-electron chi connectivity index (χ3n) is 6.21. The fourth-order valence-electron chi connectivity index (χ4n) is 4.64. The summed E-state index contributed by atoms with van der Waals surface area (Å²) in [5.41, 5.74) is 3.78. The Balaban J connectivity index is 1.99. The summed E-state index contributed by atoms with van der Waals surface area (Å²) < 4.78 is 22.7. The number of benzene rings is 4. The maximum atomic E-state index is 11.8. The van der Waals surface area contributed by atoms with E-state index in [2.05, 4.69) is 0 Å². The van der Waals surface area contributed by atoms with Crippen LogP contribution in [-0.2, 0) is 0 Å². The van der Waals surface area contributed by atoms with Crippen LogP contribution in [0.3, 0.4) is 0 Å². The molecular weight excluding hydrogens is 488 g/mol. The van der Waals surface area contributed by atoms with Gasteiger partial charge in [0.05, 0.1) is 28.4 Å². The van der Waals surface area contributed by atoms with Crippen molar-refractivity contribution < 1.29 is 38.7 Å². The molecule has 8 heteroatoms. The number of carboxylic acid groups (broad SMARTS) is 2. The largest absolute Gasteiger partial charge is 0.495 e. The van der Waals surface area contributed by atoms with Gasteiger partial charge >= 0.3 is 11.9 Å². The van der Waals surface area contributed by atoms with Crippen LogP contribution in [0, 0.1) is 0 Å². The van der Waals surface area contributed by atoms with Crippen LogP contribution in [0.4, 0.5) is 0 Å². The Hall–Kier alpha value is -4.98. The number of para-hydroxylation sites is 4. The van der Waals surface area contributed by atoms with Gasteiger partial charge in [-0.2, -0.15) is 0 Å². The van der Waals surface area contributed by atoms with Gasteiger partial charge in [-0.05, 0) is 12.1 Å². The Bertz CT molecular complexity index is 1410. The summed E-state index contributed by atoms with van der Waals surface area (Å²) >= 11 is 0. The van der Waals surface area contributed by atoms with Crippen LogP contribution in [0.1, 0.15) is 20.7 Å². The number of hydrogen-bond acceptors (Lipinski definition) is 6. The van der Waals surface area contributed by atoms with E-state index >= 15 is 0 Å². The first kappa shape index (κ1) is 26.1. The molecule has 4 aromatic rings. The molecule has 0 spiro atoms. The molecule has 0 saturated heterocycles. The molecule has 0 radical (unpaired) electrons. The van der Waals surface area contributed by atoms with Crippen molar-refractivity contribution in [1.29, 1.82) is 0 Å². The fraction of sp³-hybridized carbons (Fsp3) is 0.133. The van der Waals surface area contributed by atoms with E-state index in [1.165, 1.54) is 40.6 Å². The van der Waals surface area contributed by atoms with Crippen LogP contribution in [-0.4, -0.2) is 50.6 Å². The average molecular weight is 515 g/mol. The third-order valence-corrected chi connectivity index (χ3v) is 6.21. The third kappa shape index (κ3) is 4.48. The molecule has 38 heavy (non-hydrogen) atoms. The molecule has 0 atom stereocenters. The van der Waals surface area contributed by atoms with E-state index in [4.69, 9.17) is 18.9 Å². The van der Waals surface area contributed by atoms with Gasteiger partial charge in [0, 0.05) is 33.4 Å². The zero-order valence-corrected chi connectivity index (χ0v) is 21.3. The normalized spacial score (nSPS) is 10.5. The lowest BCUT2D eigenvalue weighted by Gasteiger charge is -2.20. The molecular formula is C30H26O8. The highest BCUT2D eigenvalue weighted by atomic mass is 16.5. The van der Waals surface area contributed by atoms with Gasteiger partial charge < -0.3 is 29.2 Å². The van der Waals surface area contributed by atoms with Gasteiger partial charge in [0.25, 0.3) is 0 Å². The van der Waals surface area contributed by atoms with Crippen molar-refractivity contribution >= 4 is 11.9 Å². The molecule has 0 fully saturated rings. The second-order valence-electron chi connectivity index (χ2n) is 8.16. The maximum Gasteiger partial charge on any atom is 0.339 e. The molecule has 0 bridgehead atoms. The van der Waals surface area contributed by atoms with Crippen LogP contribution in [0.25, 0.3) is 33.4 Å². The van der Waals surface area contributed by atoms with Crippen molar-refractivity contribution in [3.63, 3.8) is 0 Å². The van der Waals surface area contributed by atoms with E-state index < -0.39 is 11.9 Å². The molecule has 0 amide bonds. The van der Waals surface area contributed by atoms with Gasteiger partial charge in [-0.3, -0.25) is 0 Å². The smallest absolute Gasteiger partial charge is 0.339 e. The second kappa shape index (κ2) is 11.0. The zero-order valence-electron chi connectivity index (χ0n) is 21.3. The predicted molar refractivity (Wildman–Crippen MR) is 143 cm³/mol. The standard InChI is InChI=1S/C30H26O8/c1-35-25-17(9-5-11-19(25)21-13-7-15-23(29(31)32)27(21)37-3)18-10-6-12-20(26(18)36-2)22-14-8-16-24(30(33)34)28(22)38-4/h5-16H,1-4H3,(H,31,32)(H,33,34). The van der Waals surface area contributed by atoms with E-state index in [1.54, 1.807) is 24.3 Å². The maximum absolute atomic E-state index is 11.8. The SMILES string of the molecule is COc1c(C(=O)O)cccc1-c1cccc(-c2cccc(-c3cccc(C(=O)O)c3OC)c2OC)c1OC. The van der Waals surface area contributed by atoms with Crippen molar-refractivity contribution in [2.45, 2.75) is 0 Å². The van der Waals surface area contributed by atoms with Gasteiger partial charge in [-0.1, -0.05) is 60.7 Å². The first-order valence-electron chi connectivity index (χ1n) is 11.5. The lowest BCUT2D eigenvalue weighted by atomic mass is 9.92. The summed E-state index contributed by atoms with van der Waals surface area (Å²) in [6, 6.07) is 20.8. The van der Waals surface area contributed by atoms with Gasteiger partial charge in [-0.25, -0.2) is 9.59 Å². The first-order valence-corrected chi connectivity index (χ1v) is 11.5. The molecule has 194 valence electrons. The summed E-state index contributed by atoms with van der Waals surface area (Å²) in [6.07, 6.45) is 0. The average Bonchev–Trinajstić information content (AvgIpc) is 2.95. The summed E-state index contributed by atoms with van der Waals surface area (Å²) in [5.74, 6) is -0.820. The van der Waals surface area contributed by atoms with Crippen molar-refractivity contribution in [3.8, 4) is 56.4 Å². The molecule has 0 aliphatic carbocycles. The van der Waals surface area contributed by atoms with Crippen LogP contribution in [0.5, 0.6) is 23.0 Å². The predicted octanol–water partition coefficient (Wildman–Crippen LogP) is 6.12. The highest BCUT2D eigenvalue weighted by Crippen LogP contribution is 2.48. The van der Waals surface area contributed by atoms with E-state index in [0.29, 0.717) is 44.9 Å². The van der Waals surface area contributed by atoms with Gasteiger partial charge in [0.2, 0.25) is 0 Å². The van der Waals surface area contributed by atoms with E-state index in [9.17, 15) is 19.8 Å². The van der Waals surface area contributed by atoms with Crippen LogP contribution >= 0.6 is 0 Å². The van der Waals surface area contributed by atoms with Crippen molar-refractivity contribution in [2.75, 3.05) is 28.4 Å². The van der Waals surface area contributed by atoms with E-state index in [1.807, 2.05) is 36.4 Å². The number of carbonyl (C=O) groups is 2.